The van der Waals surface area contributed by atoms with Crippen LogP contribution in [0.2, 0.25) is 0 Å². The molecule has 8 nitrogen and oxygen atoms in total. The minimum Gasteiger partial charge on any atom is -0.455 e. The zero-order chi connectivity index (χ0) is 21.1. The quantitative estimate of drug-likeness (QED) is 0.534. The van der Waals surface area contributed by atoms with Crippen LogP contribution in [0.25, 0.3) is 10.8 Å². The van der Waals surface area contributed by atoms with Gasteiger partial charge >= 0.3 is 5.97 Å². The molecule has 158 valence electrons. The second-order valence-corrected chi connectivity index (χ2v) is 9.55. The number of ether oxygens (including phenoxy) is 2. The van der Waals surface area contributed by atoms with Crippen LogP contribution in [0.4, 0.5) is 0 Å². The second kappa shape index (κ2) is 8.68. The first-order valence-electron chi connectivity index (χ1n) is 9.29. The van der Waals surface area contributed by atoms with Crippen LogP contribution in [-0.2, 0) is 26.1 Å². The Balaban J connectivity index is 1.47. The molecule has 0 spiro atoms. The summed E-state index contributed by atoms with van der Waals surface area (Å²) in [6.07, 6.45) is 1.44. The predicted octanol–water partition coefficient (Wildman–Crippen LogP) is 3.09. The number of nitrogens with zero attached hydrogens (tertiary/aromatic N) is 2. The SMILES string of the molecule is Cc1ccc(C(=O)OCc2coc(-c3cccs3)n2)cc1S(=O)(=O)N1CCOCC1. The first-order chi connectivity index (χ1) is 14.4. The van der Waals surface area contributed by atoms with Gasteiger partial charge in [-0.1, -0.05) is 12.1 Å². The molecule has 0 atom stereocenters. The third-order valence-electron chi connectivity index (χ3n) is 4.65. The number of thiophene rings is 1. The molecule has 1 aliphatic heterocycles. The molecular formula is C20H20N2O6S2. The third-order valence-corrected chi connectivity index (χ3v) is 7.55. The molecule has 0 radical (unpaired) electrons. The normalized spacial score (nSPS) is 15.2. The summed E-state index contributed by atoms with van der Waals surface area (Å²) >= 11 is 1.49. The number of carbonyl (C=O) groups excluding carboxylic acids is 1. The van der Waals surface area contributed by atoms with E-state index in [0.29, 0.717) is 30.4 Å². The Hall–Kier alpha value is -2.53. The number of benzene rings is 1. The van der Waals surface area contributed by atoms with Crippen molar-refractivity contribution in [3.8, 4) is 10.8 Å². The summed E-state index contributed by atoms with van der Waals surface area (Å²) in [5.41, 5.74) is 1.20. The number of aryl methyl sites for hydroxylation is 1. The fraction of sp³-hybridized carbons (Fsp3) is 0.300. The van der Waals surface area contributed by atoms with Gasteiger partial charge in [-0.05, 0) is 36.1 Å². The van der Waals surface area contributed by atoms with Gasteiger partial charge in [-0.3, -0.25) is 0 Å². The van der Waals surface area contributed by atoms with Crippen LogP contribution in [0.5, 0.6) is 0 Å². The summed E-state index contributed by atoms with van der Waals surface area (Å²) in [7, 11) is -3.72. The van der Waals surface area contributed by atoms with E-state index in [0.717, 1.165) is 4.88 Å². The van der Waals surface area contributed by atoms with Gasteiger partial charge in [0.05, 0.1) is 28.5 Å². The lowest BCUT2D eigenvalue weighted by Gasteiger charge is -2.26. The highest BCUT2D eigenvalue weighted by Gasteiger charge is 2.28. The number of hydrogen-bond donors (Lipinski definition) is 0. The Kier molecular flexibility index (Phi) is 6.00. The molecule has 3 aromatic rings. The molecule has 0 N–H and O–H groups in total. The lowest BCUT2D eigenvalue weighted by Crippen LogP contribution is -2.40. The van der Waals surface area contributed by atoms with Gasteiger partial charge in [-0.15, -0.1) is 11.3 Å². The van der Waals surface area contributed by atoms with E-state index in [1.54, 1.807) is 19.1 Å². The number of esters is 1. The number of sulfonamides is 1. The zero-order valence-corrected chi connectivity index (χ0v) is 17.9. The fourth-order valence-corrected chi connectivity index (χ4v) is 5.35. The third kappa shape index (κ3) is 4.31. The Morgan fingerprint density at radius 1 is 1.27 bits per heavy atom. The van der Waals surface area contributed by atoms with E-state index in [-0.39, 0.29) is 30.2 Å². The van der Waals surface area contributed by atoms with Gasteiger partial charge in [0.15, 0.2) is 0 Å². The lowest BCUT2D eigenvalue weighted by atomic mass is 10.1. The molecule has 30 heavy (non-hydrogen) atoms. The highest BCUT2D eigenvalue weighted by Crippen LogP contribution is 2.25. The zero-order valence-electron chi connectivity index (χ0n) is 16.2. The summed E-state index contributed by atoms with van der Waals surface area (Å²) in [5.74, 6) is -0.167. The smallest absolute Gasteiger partial charge is 0.338 e. The number of carbonyl (C=O) groups is 1. The van der Waals surface area contributed by atoms with Gasteiger partial charge in [0.25, 0.3) is 0 Å². The fourth-order valence-electron chi connectivity index (χ4n) is 3.04. The number of oxazole rings is 1. The molecule has 2 aromatic heterocycles. The molecule has 0 unspecified atom stereocenters. The van der Waals surface area contributed by atoms with E-state index in [9.17, 15) is 13.2 Å². The largest absolute Gasteiger partial charge is 0.455 e. The van der Waals surface area contributed by atoms with Crippen molar-refractivity contribution < 1.29 is 27.1 Å². The summed E-state index contributed by atoms with van der Waals surface area (Å²) in [4.78, 5) is 17.8. The Morgan fingerprint density at radius 3 is 2.80 bits per heavy atom. The van der Waals surface area contributed by atoms with Crippen molar-refractivity contribution >= 4 is 27.3 Å². The molecule has 1 saturated heterocycles. The highest BCUT2D eigenvalue weighted by atomic mass is 32.2. The van der Waals surface area contributed by atoms with E-state index in [4.69, 9.17) is 13.9 Å². The average molecular weight is 449 g/mol. The maximum absolute atomic E-state index is 13.0. The first kappa shape index (κ1) is 20.7. The van der Waals surface area contributed by atoms with E-state index in [1.807, 2.05) is 17.5 Å². The summed E-state index contributed by atoms with van der Waals surface area (Å²) in [5, 5.41) is 1.92. The molecule has 10 heteroatoms. The van der Waals surface area contributed by atoms with E-state index < -0.39 is 16.0 Å². The van der Waals surface area contributed by atoms with Crippen molar-refractivity contribution in [3.05, 3.63) is 58.8 Å². The van der Waals surface area contributed by atoms with Crippen LogP contribution in [0.1, 0.15) is 21.6 Å². The summed E-state index contributed by atoms with van der Waals surface area (Å²) in [6.45, 7) is 2.90. The van der Waals surface area contributed by atoms with Crippen LogP contribution in [0, 0.1) is 6.92 Å². The predicted molar refractivity (Wildman–Crippen MR) is 110 cm³/mol. The van der Waals surface area contributed by atoms with Crippen molar-refractivity contribution in [1.82, 2.24) is 9.29 Å². The molecule has 0 saturated carbocycles. The number of morpholine rings is 1. The maximum Gasteiger partial charge on any atom is 0.338 e. The van der Waals surface area contributed by atoms with Gasteiger partial charge < -0.3 is 13.9 Å². The molecule has 0 amide bonds. The van der Waals surface area contributed by atoms with Gasteiger partial charge in [0, 0.05) is 13.1 Å². The number of aromatic nitrogens is 1. The lowest BCUT2D eigenvalue weighted by molar-refractivity contribution is 0.0467. The average Bonchev–Trinajstić information content (AvgIpc) is 3.45. The van der Waals surface area contributed by atoms with Gasteiger partial charge in [-0.2, -0.15) is 4.31 Å². The van der Waals surface area contributed by atoms with Crippen molar-refractivity contribution in [2.45, 2.75) is 18.4 Å². The maximum atomic E-state index is 13.0. The van der Waals surface area contributed by atoms with E-state index in [2.05, 4.69) is 4.98 Å². The van der Waals surface area contributed by atoms with Gasteiger partial charge in [-0.25, -0.2) is 18.2 Å². The monoisotopic (exact) mass is 448 g/mol. The van der Waals surface area contributed by atoms with E-state index in [1.165, 1.54) is 28.0 Å². The van der Waals surface area contributed by atoms with Crippen LogP contribution in [0.3, 0.4) is 0 Å². The second-order valence-electron chi connectivity index (χ2n) is 6.69. The molecule has 4 rings (SSSR count). The number of rotatable bonds is 6. The van der Waals surface area contributed by atoms with Gasteiger partial charge in [0.1, 0.15) is 18.6 Å². The van der Waals surface area contributed by atoms with Crippen LogP contribution in [-0.4, -0.2) is 50.0 Å². The minimum atomic E-state index is -3.72. The Labute approximate surface area is 178 Å². The molecule has 1 aliphatic rings. The first-order valence-corrected chi connectivity index (χ1v) is 11.6. The van der Waals surface area contributed by atoms with Crippen molar-refractivity contribution in [2.24, 2.45) is 0 Å². The molecule has 0 aliphatic carbocycles. The van der Waals surface area contributed by atoms with Crippen molar-refractivity contribution in [1.29, 1.82) is 0 Å². The van der Waals surface area contributed by atoms with Gasteiger partial charge in [0.2, 0.25) is 15.9 Å². The Morgan fingerprint density at radius 2 is 2.07 bits per heavy atom. The molecule has 3 heterocycles. The minimum absolute atomic E-state index is 0.0763. The standard InChI is InChI=1S/C20H20N2O6S2/c1-14-4-5-15(11-18(14)30(24,25)22-6-8-26-9-7-22)20(23)28-13-16-12-27-19(21-16)17-3-2-10-29-17/h2-5,10-12H,6-9,13H2,1H3. The molecule has 1 fully saturated rings. The topological polar surface area (TPSA) is 98.9 Å². The van der Waals surface area contributed by atoms with E-state index >= 15 is 0 Å². The highest BCUT2D eigenvalue weighted by molar-refractivity contribution is 7.89. The molecule has 1 aromatic carbocycles. The van der Waals surface area contributed by atoms with Crippen LogP contribution < -0.4 is 0 Å². The van der Waals surface area contributed by atoms with Crippen molar-refractivity contribution in [2.75, 3.05) is 26.3 Å². The van der Waals surface area contributed by atoms with Crippen LogP contribution in [0.15, 0.2) is 51.3 Å². The Bertz CT molecular complexity index is 1130. The number of hydrogen-bond acceptors (Lipinski definition) is 8. The van der Waals surface area contributed by atoms with Crippen LogP contribution >= 0.6 is 11.3 Å². The molecular weight excluding hydrogens is 428 g/mol. The van der Waals surface area contributed by atoms with Crippen molar-refractivity contribution in [3.63, 3.8) is 0 Å². The molecule has 0 bridgehead atoms. The summed E-state index contributed by atoms with van der Waals surface area (Å²) in [6, 6.07) is 8.30. The summed E-state index contributed by atoms with van der Waals surface area (Å²) < 4.78 is 43.3.